The molecule has 0 aliphatic carbocycles. The Morgan fingerprint density at radius 1 is 1.04 bits per heavy atom. The van der Waals surface area contributed by atoms with Gasteiger partial charge >= 0.3 is 6.18 Å². The van der Waals surface area contributed by atoms with Crippen molar-refractivity contribution in [3.8, 4) is 0 Å². The first-order valence-corrected chi connectivity index (χ1v) is 9.46. The lowest BCUT2D eigenvalue weighted by Gasteiger charge is -2.11. The maximum absolute atomic E-state index is 12.5. The molecule has 2 aromatic rings. The second-order valence-electron chi connectivity index (χ2n) is 5.62. The Morgan fingerprint density at radius 2 is 1.65 bits per heavy atom. The Balaban J connectivity index is 1.97. The lowest BCUT2D eigenvalue weighted by atomic mass is 10.1. The molecular weight excluding hydrogens is 369 g/mol. The average molecular weight is 386 g/mol. The highest BCUT2D eigenvalue weighted by atomic mass is 32.2. The van der Waals surface area contributed by atoms with Gasteiger partial charge < -0.3 is 5.32 Å². The third-order valence-electron chi connectivity index (χ3n) is 3.45. The Kier molecular flexibility index (Phi) is 5.91. The number of anilines is 1. The van der Waals surface area contributed by atoms with Gasteiger partial charge in [-0.2, -0.15) is 13.2 Å². The number of para-hydroxylation sites is 1. The summed E-state index contributed by atoms with van der Waals surface area (Å²) < 4.78 is 62.5. The number of hydrogen-bond donors (Lipinski definition) is 2. The summed E-state index contributed by atoms with van der Waals surface area (Å²) in [5, 5.41) is 2.62. The van der Waals surface area contributed by atoms with E-state index in [0.717, 1.165) is 18.4 Å². The summed E-state index contributed by atoms with van der Waals surface area (Å²) in [6.07, 6.45) is -3.07. The van der Waals surface area contributed by atoms with Gasteiger partial charge in [0.15, 0.2) is 0 Å². The van der Waals surface area contributed by atoms with Crippen molar-refractivity contribution in [2.75, 3.05) is 17.5 Å². The van der Waals surface area contributed by atoms with E-state index in [4.69, 9.17) is 0 Å². The van der Waals surface area contributed by atoms with Crippen LogP contribution in [0.5, 0.6) is 0 Å². The first-order chi connectivity index (χ1) is 12.1. The van der Waals surface area contributed by atoms with E-state index in [-0.39, 0.29) is 17.8 Å². The van der Waals surface area contributed by atoms with Crippen LogP contribution in [0.15, 0.2) is 48.5 Å². The molecule has 0 saturated heterocycles. The van der Waals surface area contributed by atoms with Gasteiger partial charge in [0.05, 0.1) is 23.1 Å². The van der Waals surface area contributed by atoms with Gasteiger partial charge in [0.1, 0.15) is 0 Å². The van der Waals surface area contributed by atoms with Gasteiger partial charge in [0, 0.05) is 6.54 Å². The number of halogens is 3. The van der Waals surface area contributed by atoms with Gasteiger partial charge in [0.25, 0.3) is 5.91 Å². The van der Waals surface area contributed by atoms with Crippen molar-refractivity contribution in [1.82, 2.24) is 5.32 Å². The van der Waals surface area contributed by atoms with Gasteiger partial charge in [-0.3, -0.25) is 9.52 Å². The minimum absolute atomic E-state index is 0.155. The molecule has 0 saturated carbocycles. The first kappa shape index (κ1) is 19.8. The molecule has 0 fully saturated rings. The van der Waals surface area contributed by atoms with Crippen LogP contribution in [-0.4, -0.2) is 27.1 Å². The molecule has 0 bridgehead atoms. The molecule has 1 amide bonds. The Hall–Kier alpha value is -2.55. The van der Waals surface area contributed by atoms with Gasteiger partial charge in [-0.1, -0.05) is 24.3 Å². The standard InChI is InChI=1S/C17H17F3N2O3S/c1-26(24,25)22-15-5-3-2-4-14(15)16(23)21-11-10-12-6-8-13(9-7-12)17(18,19)20/h2-9,22H,10-11H2,1H3,(H,21,23). The van der Waals surface area contributed by atoms with Crippen molar-refractivity contribution < 1.29 is 26.4 Å². The number of sulfonamides is 1. The van der Waals surface area contributed by atoms with Crippen molar-refractivity contribution >= 4 is 21.6 Å². The predicted octanol–water partition coefficient (Wildman–Crippen LogP) is 3.05. The van der Waals surface area contributed by atoms with Crippen LogP contribution in [-0.2, 0) is 22.6 Å². The fourth-order valence-electron chi connectivity index (χ4n) is 2.25. The summed E-state index contributed by atoms with van der Waals surface area (Å²) in [6.45, 7) is 0.192. The van der Waals surface area contributed by atoms with Crippen LogP contribution in [0.25, 0.3) is 0 Å². The smallest absolute Gasteiger partial charge is 0.352 e. The quantitative estimate of drug-likeness (QED) is 0.801. The fraction of sp³-hybridized carbons (Fsp3) is 0.235. The topological polar surface area (TPSA) is 75.3 Å². The number of rotatable bonds is 6. The summed E-state index contributed by atoms with van der Waals surface area (Å²) in [5.41, 5.74) is 0.222. The molecule has 0 unspecified atom stereocenters. The largest absolute Gasteiger partial charge is 0.416 e. The molecule has 2 aromatic carbocycles. The van der Waals surface area contributed by atoms with Crippen LogP contribution in [0, 0.1) is 0 Å². The Morgan fingerprint density at radius 3 is 2.23 bits per heavy atom. The van der Waals surface area contributed by atoms with Gasteiger partial charge in [0.2, 0.25) is 10.0 Å². The number of carbonyl (C=O) groups is 1. The average Bonchev–Trinajstić information content (AvgIpc) is 2.53. The minimum Gasteiger partial charge on any atom is -0.352 e. The molecule has 140 valence electrons. The van der Waals surface area contributed by atoms with E-state index in [2.05, 4.69) is 10.0 Å². The molecule has 0 radical (unpaired) electrons. The molecule has 2 N–H and O–H groups in total. The van der Waals surface area contributed by atoms with Crippen LogP contribution in [0.2, 0.25) is 0 Å². The van der Waals surface area contributed by atoms with Gasteiger partial charge in [-0.15, -0.1) is 0 Å². The molecule has 0 aliphatic heterocycles. The maximum Gasteiger partial charge on any atom is 0.416 e. The highest BCUT2D eigenvalue weighted by Gasteiger charge is 2.29. The molecule has 26 heavy (non-hydrogen) atoms. The number of benzene rings is 2. The lowest BCUT2D eigenvalue weighted by molar-refractivity contribution is -0.137. The highest BCUT2D eigenvalue weighted by Crippen LogP contribution is 2.29. The van der Waals surface area contributed by atoms with Gasteiger partial charge in [-0.25, -0.2) is 8.42 Å². The van der Waals surface area contributed by atoms with Crippen molar-refractivity contribution in [1.29, 1.82) is 0 Å². The van der Waals surface area contributed by atoms with Crippen LogP contribution in [0.1, 0.15) is 21.5 Å². The zero-order valence-corrected chi connectivity index (χ0v) is 14.6. The van der Waals surface area contributed by atoms with E-state index >= 15 is 0 Å². The summed E-state index contributed by atoms with van der Waals surface area (Å²) >= 11 is 0. The molecule has 0 atom stereocenters. The molecule has 2 rings (SSSR count). The van der Waals surface area contributed by atoms with Crippen molar-refractivity contribution in [2.24, 2.45) is 0 Å². The molecule has 0 aliphatic rings. The van der Waals surface area contributed by atoms with E-state index in [0.29, 0.717) is 12.0 Å². The minimum atomic E-state index is -4.39. The lowest BCUT2D eigenvalue weighted by Crippen LogP contribution is -2.27. The van der Waals surface area contributed by atoms with Crippen molar-refractivity contribution in [3.05, 3.63) is 65.2 Å². The summed E-state index contributed by atoms with van der Waals surface area (Å²) in [5.74, 6) is -0.483. The number of nitrogens with one attached hydrogen (secondary N) is 2. The monoisotopic (exact) mass is 386 g/mol. The second-order valence-corrected chi connectivity index (χ2v) is 7.37. The van der Waals surface area contributed by atoms with E-state index in [1.807, 2.05) is 0 Å². The molecule has 0 heterocycles. The van der Waals surface area contributed by atoms with E-state index in [1.54, 1.807) is 12.1 Å². The molecule has 0 aromatic heterocycles. The van der Waals surface area contributed by atoms with Gasteiger partial charge in [-0.05, 0) is 36.2 Å². The van der Waals surface area contributed by atoms with Crippen LogP contribution in [0.4, 0.5) is 18.9 Å². The van der Waals surface area contributed by atoms with Crippen molar-refractivity contribution in [2.45, 2.75) is 12.6 Å². The molecule has 9 heteroatoms. The first-order valence-electron chi connectivity index (χ1n) is 7.57. The van der Waals surface area contributed by atoms with Crippen molar-refractivity contribution in [3.63, 3.8) is 0 Å². The second kappa shape index (κ2) is 7.77. The fourth-order valence-corrected chi connectivity index (χ4v) is 2.82. The van der Waals surface area contributed by atoms with Crippen LogP contribution in [0.3, 0.4) is 0 Å². The number of carbonyl (C=O) groups excluding carboxylic acids is 1. The summed E-state index contributed by atoms with van der Waals surface area (Å²) in [6, 6.07) is 10.8. The van der Waals surface area contributed by atoms with Crippen LogP contribution >= 0.6 is 0 Å². The van der Waals surface area contributed by atoms with Crippen LogP contribution < -0.4 is 10.0 Å². The molecular formula is C17H17F3N2O3S. The maximum atomic E-state index is 12.5. The SMILES string of the molecule is CS(=O)(=O)Nc1ccccc1C(=O)NCCc1ccc(C(F)(F)F)cc1. The van der Waals surface area contributed by atoms with E-state index in [9.17, 15) is 26.4 Å². The summed E-state index contributed by atoms with van der Waals surface area (Å²) in [4.78, 5) is 12.2. The molecule has 0 spiro atoms. The zero-order valence-electron chi connectivity index (χ0n) is 13.8. The normalized spacial score (nSPS) is 11.8. The number of alkyl halides is 3. The van der Waals surface area contributed by atoms with E-state index in [1.165, 1.54) is 24.3 Å². The zero-order chi connectivity index (χ0) is 19.4. The Labute approximate surface area is 149 Å². The third kappa shape index (κ3) is 5.76. The summed E-state index contributed by atoms with van der Waals surface area (Å²) in [7, 11) is -3.53. The van der Waals surface area contributed by atoms with E-state index < -0.39 is 27.7 Å². The highest BCUT2D eigenvalue weighted by molar-refractivity contribution is 7.92. The third-order valence-corrected chi connectivity index (χ3v) is 4.04. The Bertz CT molecular complexity index is 879. The number of amides is 1. The number of hydrogen-bond acceptors (Lipinski definition) is 3. The predicted molar refractivity (Wildman–Crippen MR) is 92.4 cm³/mol. The molecule has 5 nitrogen and oxygen atoms in total.